The third-order valence-electron chi connectivity index (χ3n) is 7.58. The van der Waals surface area contributed by atoms with Gasteiger partial charge in [-0.15, -0.1) is 0 Å². The van der Waals surface area contributed by atoms with Crippen molar-refractivity contribution in [1.82, 2.24) is 19.3 Å². The first kappa shape index (κ1) is 18.4. The van der Waals surface area contributed by atoms with Gasteiger partial charge >= 0.3 is 0 Å². The maximum atomic E-state index is 12.9. The van der Waals surface area contributed by atoms with Crippen molar-refractivity contribution in [3.63, 3.8) is 0 Å². The Labute approximate surface area is 166 Å². The van der Waals surface area contributed by atoms with Crippen LogP contribution >= 0.6 is 0 Å². The molecule has 0 bridgehead atoms. The number of hydrogen-bond acceptors (Lipinski definition) is 5. The molecule has 5 rings (SSSR count). The van der Waals surface area contributed by atoms with Gasteiger partial charge in [0.05, 0.1) is 11.1 Å². The van der Waals surface area contributed by atoms with E-state index in [1.807, 2.05) is 19.3 Å². The molecule has 1 N–H and O–H groups in total. The van der Waals surface area contributed by atoms with Gasteiger partial charge in [0.1, 0.15) is 17.8 Å². The van der Waals surface area contributed by atoms with E-state index in [1.165, 1.54) is 6.42 Å². The molecule has 3 fully saturated rings. The fraction of sp³-hybridized carbons (Fsp3) is 0.700. The molecule has 0 amide bonds. The monoisotopic (exact) mass is 403 g/mol. The summed E-state index contributed by atoms with van der Waals surface area (Å²) in [7, 11) is -1.09. The van der Waals surface area contributed by atoms with Crippen molar-refractivity contribution in [3.05, 3.63) is 18.6 Å². The number of H-pyrrole nitrogens is 1. The Hall–Kier alpha value is -1.67. The summed E-state index contributed by atoms with van der Waals surface area (Å²) in [6.45, 7) is 3.73. The number of rotatable bonds is 5. The van der Waals surface area contributed by atoms with Crippen LogP contribution in [-0.4, -0.2) is 59.6 Å². The highest BCUT2D eigenvalue weighted by Crippen LogP contribution is 2.59. The molecule has 1 unspecified atom stereocenters. The summed E-state index contributed by atoms with van der Waals surface area (Å²) in [6.07, 6.45) is 8.64. The number of anilines is 1. The first-order valence-corrected chi connectivity index (χ1v) is 12.0. The van der Waals surface area contributed by atoms with Gasteiger partial charge in [-0.25, -0.2) is 22.7 Å². The highest BCUT2D eigenvalue weighted by Gasteiger charge is 2.53. The largest absolute Gasteiger partial charge is 0.356 e. The lowest BCUT2D eigenvalue weighted by Crippen LogP contribution is -2.48. The van der Waals surface area contributed by atoms with E-state index in [-0.39, 0.29) is 5.92 Å². The van der Waals surface area contributed by atoms with Gasteiger partial charge in [-0.05, 0) is 55.4 Å². The smallest absolute Gasteiger partial charge is 0.214 e. The quantitative estimate of drug-likeness (QED) is 0.830. The molecule has 1 atom stereocenters. The Kier molecular flexibility index (Phi) is 4.21. The van der Waals surface area contributed by atoms with E-state index < -0.39 is 10.0 Å². The van der Waals surface area contributed by atoms with Gasteiger partial charge in [0.25, 0.3) is 0 Å². The van der Waals surface area contributed by atoms with Crippen molar-refractivity contribution in [2.24, 2.45) is 17.3 Å². The first-order valence-electron chi connectivity index (χ1n) is 10.4. The van der Waals surface area contributed by atoms with Crippen LogP contribution in [-0.2, 0) is 10.0 Å². The lowest BCUT2D eigenvalue weighted by atomic mass is 9.81. The van der Waals surface area contributed by atoms with Gasteiger partial charge in [0, 0.05) is 32.4 Å². The zero-order chi connectivity index (χ0) is 19.5. The average molecular weight is 404 g/mol. The van der Waals surface area contributed by atoms with Crippen molar-refractivity contribution >= 4 is 26.9 Å². The van der Waals surface area contributed by atoms with E-state index in [0.29, 0.717) is 17.2 Å². The van der Waals surface area contributed by atoms with E-state index in [2.05, 4.69) is 26.8 Å². The summed E-state index contributed by atoms with van der Waals surface area (Å²) in [5, 5.41) is 1.01. The summed E-state index contributed by atoms with van der Waals surface area (Å²) < 4.78 is 27.5. The van der Waals surface area contributed by atoms with Gasteiger partial charge in [0.15, 0.2) is 0 Å². The second-order valence-electron chi connectivity index (χ2n) is 9.18. The maximum absolute atomic E-state index is 12.9. The van der Waals surface area contributed by atoms with E-state index in [9.17, 15) is 8.42 Å². The number of hydrogen-bond donors (Lipinski definition) is 1. The van der Waals surface area contributed by atoms with Gasteiger partial charge in [0.2, 0.25) is 10.0 Å². The molecule has 152 valence electrons. The highest BCUT2D eigenvalue weighted by molar-refractivity contribution is 7.89. The summed E-state index contributed by atoms with van der Waals surface area (Å²) in [6, 6.07) is 2.33. The molecule has 2 aromatic heterocycles. The minimum atomic E-state index is -3.14. The van der Waals surface area contributed by atoms with Gasteiger partial charge in [-0.1, -0.05) is 6.92 Å². The second-order valence-corrected chi connectivity index (χ2v) is 11.2. The standard InChI is InChI=1S/C20H29N5O2S/c1-14-11-20(14)4-7-25(8-5-20)28(26,27)12-15-9-16(10-15)24(2)19-17-3-6-21-18(17)22-13-23-19/h3,6,13-16H,4-5,7-12H2,1-2H3,(H,21,22,23)/t14?,15-,16+. The van der Waals surface area contributed by atoms with E-state index >= 15 is 0 Å². The van der Waals surface area contributed by atoms with Crippen molar-refractivity contribution in [2.45, 2.75) is 45.1 Å². The molecule has 3 aliphatic rings. The second kappa shape index (κ2) is 6.42. The molecule has 28 heavy (non-hydrogen) atoms. The fourth-order valence-corrected chi connectivity index (χ4v) is 7.14. The van der Waals surface area contributed by atoms with E-state index in [4.69, 9.17) is 0 Å². The van der Waals surface area contributed by atoms with Gasteiger partial charge in [-0.2, -0.15) is 0 Å². The molecule has 8 heteroatoms. The molecule has 3 heterocycles. The van der Waals surface area contributed by atoms with Crippen molar-refractivity contribution in [3.8, 4) is 0 Å². The lowest BCUT2D eigenvalue weighted by molar-refractivity contribution is 0.236. The minimum Gasteiger partial charge on any atom is -0.356 e. The van der Waals surface area contributed by atoms with Crippen LogP contribution in [0.3, 0.4) is 0 Å². The van der Waals surface area contributed by atoms with Gasteiger partial charge < -0.3 is 9.88 Å². The van der Waals surface area contributed by atoms with Crippen LogP contribution in [0.15, 0.2) is 18.6 Å². The van der Waals surface area contributed by atoms with Crippen molar-refractivity contribution in [1.29, 1.82) is 0 Å². The van der Waals surface area contributed by atoms with E-state index in [0.717, 1.165) is 61.5 Å². The molecule has 0 radical (unpaired) electrons. The Balaban J connectivity index is 1.17. The predicted molar refractivity (Wildman–Crippen MR) is 110 cm³/mol. The zero-order valence-electron chi connectivity index (χ0n) is 16.6. The number of aromatic amines is 1. The van der Waals surface area contributed by atoms with Crippen LogP contribution < -0.4 is 4.90 Å². The van der Waals surface area contributed by atoms with E-state index in [1.54, 1.807) is 10.6 Å². The number of nitrogens with zero attached hydrogens (tertiary/aromatic N) is 4. The number of piperidine rings is 1. The molecular weight excluding hydrogens is 374 g/mol. The summed E-state index contributed by atoms with van der Waals surface area (Å²) in [5.41, 5.74) is 1.31. The molecule has 1 spiro atoms. The fourth-order valence-electron chi connectivity index (χ4n) is 5.33. The predicted octanol–water partition coefficient (Wildman–Crippen LogP) is 2.62. The zero-order valence-corrected chi connectivity index (χ0v) is 17.5. The molecule has 2 aliphatic carbocycles. The van der Waals surface area contributed by atoms with Gasteiger partial charge in [-0.3, -0.25) is 0 Å². The molecule has 2 saturated carbocycles. The third-order valence-corrected chi connectivity index (χ3v) is 9.63. The SMILES string of the molecule is CC1CC12CCN(S(=O)(=O)C[C@H]1C[C@@H](N(C)c3ncnc4[nH]ccc34)C1)CC2. The molecule has 7 nitrogen and oxygen atoms in total. The third kappa shape index (κ3) is 3.01. The summed E-state index contributed by atoms with van der Waals surface area (Å²) >= 11 is 0. The number of sulfonamides is 1. The van der Waals surface area contributed by atoms with Crippen LogP contribution in [0.5, 0.6) is 0 Å². The van der Waals surface area contributed by atoms with Crippen LogP contribution in [0.1, 0.15) is 39.0 Å². The Morgan fingerprint density at radius 3 is 2.68 bits per heavy atom. The number of nitrogens with one attached hydrogen (secondary N) is 1. The molecule has 0 aromatic carbocycles. The summed E-state index contributed by atoms with van der Waals surface area (Å²) in [4.78, 5) is 14.0. The van der Waals surface area contributed by atoms with Crippen LogP contribution in [0.4, 0.5) is 5.82 Å². The van der Waals surface area contributed by atoms with Crippen molar-refractivity contribution in [2.75, 3.05) is 30.8 Å². The number of aromatic nitrogens is 3. The Bertz CT molecular complexity index is 973. The topological polar surface area (TPSA) is 82.2 Å². The molecule has 1 aliphatic heterocycles. The molecule has 1 saturated heterocycles. The maximum Gasteiger partial charge on any atom is 0.214 e. The van der Waals surface area contributed by atoms with Crippen LogP contribution in [0.25, 0.3) is 11.0 Å². The van der Waals surface area contributed by atoms with Crippen molar-refractivity contribution < 1.29 is 8.42 Å². The molecule has 2 aromatic rings. The van der Waals surface area contributed by atoms with Crippen LogP contribution in [0, 0.1) is 17.3 Å². The normalized spacial score (nSPS) is 29.7. The average Bonchev–Trinajstić information content (AvgIpc) is 3.05. The number of fused-ring (bicyclic) bond motifs is 1. The Morgan fingerprint density at radius 1 is 1.29 bits per heavy atom. The Morgan fingerprint density at radius 2 is 2.00 bits per heavy atom. The van der Waals surface area contributed by atoms with Crippen LogP contribution in [0.2, 0.25) is 0 Å². The lowest BCUT2D eigenvalue weighted by Gasteiger charge is -2.42. The minimum absolute atomic E-state index is 0.247. The molecular formula is C20H29N5O2S. The first-order chi connectivity index (χ1) is 13.4. The summed E-state index contributed by atoms with van der Waals surface area (Å²) in [5.74, 6) is 2.24. The highest BCUT2D eigenvalue weighted by atomic mass is 32.2.